The number of benzene rings is 1. The number of rotatable bonds is 7. The fourth-order valence-electron chi connectivity index (χ4n) is 1.65. The van der Waals surface area contributed by atoms with Crippen LogP contribution >= 0.6 is 0 Å². The smallest absolute Gasteiger partial charge is 0.306 e. The van der Waals surface area contributed by atoms with Crippen molar-refractivity contribution in [2.45, 2.75) is 45.6 Å². The number of ketones is 1. The molecule has 0 aliphatic carbocycles. The molecule has 0 saturated carbocycles. The van der Waals surface area contributed by atoms with Gasteiger partial charge in [0.05, 0.1) is 6.10 Å². The molecule has 0 N–H and O–H groups in total. The second-order valence-corrected chi connectivity index (χ2v) is 4.53. The van der Waals surface area contributed by atoms with Crippen molar-refractivity contribution in [3.63, 3.8) is 0 Å². The molecule has 0 aliphatic heterocycles. The van der Waals surface area contributed by atoms with Gasteiger partial charge >= 0.3 is 5.97 Å². The number of unbranched alkanes of at least 4 members (excludes halogenated alkanes) is 1. The summed E-state index contributed by atoms with van der Waals surface area (Å²) in [6.07, 6.45) is 2.23. The Labute approximate surface area is 108 Å². The zero-order valence-corrected chi connectivity index (χ0v) is 11.0. The van der Waals surface area contributed by atoms with E-state index in [9.17, 15) is 9.59 Å². The molecule has 1 aromatic carbocycles. The third-order valence-electron chi connectivity index (χ3n) is 2.50. The molecule has 0 spiro atoms. The summed E-state index contributed by atoms with van der Waals surface area (Å²) in [4.78, 5) is 23.0. The van der Waals surface area contributed by atoms with Gasteiger partial charge < -0.3 is 4.74 Å². The van der Waals surface area contributed by atoms with Crippen LogP contribution in [0.15, 0.2) is 30.3 Å². The predicted molar refractivity (Wildman–Crippen MR) is 70.5 cm³/mol. The van der Waals surface area contributed by atoms with E-state index in [1.54, 1.807) is 0 Å². The van der Waals surface area contributed by atoms with Crippen LogP contribution in [0.3, 0.4) is 0 Å². The maximum absolute atomic E-state index is 11.8. The van der Waals surface area contributed by atoms with Crippen LogP contribution in [0.2, 0.25) is 0 Å². The van der Waals surface area contributed by atoms with Crippen molar-refractivity contribution in [1.82, 2.24) is 0 Å². The van der Waals surface area contributed by atoms with Gasteiger partial charge in [-0.25, -0.2) is 0 Å². The topological polar surface area (TPSA) is 43.4 Å². The lowest BCUT2D eigenvalue weighted by Crippen LogP contribution is -2.11. The normalized spacial score (nSPS) is 10.4. The van der Waals surface area contributed by atoms with Gasteiger partial charge in [-0.1, -0.05) is 30.3 Å². The van der Waals surface area contributed by atoms with Crippen LogP contribution in [0, 0.1) is 0 Å². The van der Waals surface area contributed by atoms with Crippen molar-refractivity contribution in [2.75, 3.05) is 0 Å². The van der Waals surface area contributed by atoms with Gasteiger partial charge in [0, 0.05) is 18.4 Å². The first-order chi connectivity index (χ1) is 8.59. The Morgan fingerprint density at radius 2 is 1.67 bits per heavy atom. The van der Waals surface area contributed by atoms with Gasteiger partial charge in [-0.15, -0.1) is 0 Å². The molecule has 0 aliphatic rings. The van der Waals surface area contributed by atoms with Crippen LogP contribution in [0.1, 0.15) is 49.9 Å². The van der Waals surface area contributed by atoms with Gasteiger partial charge in [-0.2, -0.15) is 0 Å². The van der Waals surface area contributed by atoms with Gasteiger partial charge in [0.25, 0.3) is 0 Å². The molecule has 0 saturated heterocycles. The van der Waals surface area contributed by atoms with Crippen LogP contribution in [0.25, 0.3) is 0 Å². The van der Waals surface area contributed by atoms with Gasteiger partial charge in [0.1, 0.15) is 0 Å². The number of ether oxygens (including phenoxy) is 1. The highest BCUT2D eigenvalue weighted by atomic mass is 16.5. The average molecular weight is 248 g/mol. The summed E-state index contributed by atoms with van der Waals surface area (Å²) in [5.74, 6) is -0.0509. The summed E-state index contributed by atoms with van der Waals surface area (Å²) in [7, 11) is 0. The van der Waals surface area contributed by atoms with Crippen LogP contribution in [-0.4, -0.2) is 17.9 Å². The number of carbonyl (C=O) groups is 2. The van der Waals surface area contributed by atoms with E-state index in [1.165, 1.54) is 0 Å². The van der Waals surface area contributed by atoms with E-state index in [2.05, 4.69) is 0 Å². The van der Waals surface area contributed by atoms with Crippen LogP contribution < -0.4 is 0 Å². The maximum atomic E-state index is 11.8. The van der Waals surface area contributed by atoms with Gasteiger partial charge in [-0.05, 0) is 26.7 Å². The Morgan fingerprint density at radius 3 is 2.28 bits per heavy atom. The fraction of sp³-hybridized carbons (Fsp3) is 0.467. The highest BCUT2D eigenvalue weighted by Crippen LogP contribution is 2.08. The minimum Gasteiger partial charge on any atom is -0.463 e. The lowest BCUT2D eigenvalue weighted by atomic mass is 10.0. The molecule has 3 nitrogen and oxygen atoms in total. The molecule has 0 atom stereocenters. The molecule has 0 fully saturated rings. The molecule has 0 aromatic heterocycles. The molecule has 1 rings (SSSR count). The Kier molecular flexibility index (Phi) is 6.12. The Bertz CT molecular complexity index is 382. The van der Waals surface area contributed by atoms with Crippen molar-refractivity contribution in [3.8, 4) is 0 Å². The summed E-state index contributed by atoms with van der Waals surface area (Å²) in [5, 5.41) is 0. The zero-order chi connectivity index (χ0) is 13.4. The highest BCUT2D eigenvalue weighted by Gasteiger charge is 2.07. The summed E-state index contributed by atoms with van der Waals surface area (Å²) in [6, 6.07) is 9.23. The fourth-order valence-corrected chi connectivity index (χ4v) is 1.65. The molecular formula is C15H20O3. The largest absolute Gasteiger partial charge is 0.463 e. The third-order valence-corrected chi connectivity index (χ3v) is 2.50. The summed E-state index contributed by atoms with van der Waals surface area (Å²) in [6.45, 7) is 3.66. The molecule has 18 heavy (non-hydrogen) atoms. The van der Waals surface area contributed by atoms with Crippen molar-refractivity contribution < 1.29 is 14.3 Å². The number of esters is 1. The van der Waals surface area contributed by atoms with E-state index in [-0.39, 0.29) is 17.9 Å². The number of carbonyl (C=O) groups excluding carboxylic acids is 2. The Morgan fingerprint density at radius 1 is 1.06 bits per heavy atom. The zero-order valence-electron chi connectivity index (χ0n) is 11.0. The van der Waals surface area contributed by atoms with Crippen LogP contribution in [-0.2, 0) is 9.53 Å². The third kappa shape index (κ3) is 5.62. The summed E-state index contributed by atoms with van der Waals surface area (Å²) in [5.41, 5.74) is 0.738. The molecule has 3 heteroatoms. The number of Topliss-reactive ketones (excluding diaryl/α,β-unsaturated/α-hetero) is 1. The lowest BCUT2D eigenvalue weighted by molar-refractivity contribution is -0.147. The first-order valence-electron chi connectivity index (χ1n) is 6.37. The molecule has 1 aromatic rings. The van der Waals surface area contributed by atoms with E-state index in [0.717, 1.165) is 12.0 Å². The van der Waals surface area contributed by atoms with E-state index >= 15 is 0 Å². The van der Waals surface area contributed by atoms with Crippen LogP contribution in [0.5, 0.6) is 0 Å². The van der Waals surface area contributed by atoms with Crippen molar-refractivity contribution in [2.24, 2.45) is 0 Å². The highest BCUT2D eigenvalue weighted by molar-refractivity contribution is 5.95. The van der Waals surface area contributed by atoms with E-state index in [1.807, 2.05) is 44.2 Å². The SMILES string of the molecule is CC(C)OC(=O)CCCCC(=O)c1ccccc1. The summed E-state index contributed by atoms with van der Waals surface area (Å²) < 4.78 is 5.02. The molecule has 0 unspecified atom stereocenters. The van der Waals surface area contributed by atoms with Crippen molar-refractivity contribution >= 4 is 11.8 Å². The first kappa shape index (κ1) is 14.4. The second kappa shape index (κ2) is 7.64. The molecule has 0 amide bonds. The standard InChI is InChI=1S/C15H20O3/c1-12(2)18-15(17)11-7-6-10-14(16)13-8-4-3-5-9-13/h3-5,8-9,12H,6-7,10-11H2,1-2H3. The minimum atomic E-state index is -0.183. The second-order valence-electron chi connectivity index (χ2n) is 4.53. The van der Waals surface area contributed by atoms with Crippen molar-refractivity contribution in [1.29, 1.82) is 0 Å². The Hall–Kier alpha value is -1.64. The minimum absolute atomic E-state index is 0.0662. The van der Waals surface area contributed by atoms with Gasteiger partial charge in [0.2, 0.25) is 0 Å². The Balaban J connectivity index is 2.19. The molecule has 0 radical (unpaired) electrons. The molecule has 0 heterocycles. The van der Waals surface area contributed by atoms with Crippen LogP contribution in [0.4, 0.5) is 0 Å². The van der Waals surface area contributed by atoms with Gasteiger partial charge in [-0.3, -0.25) is 9.59 Å². The number of hydrogen-bond donors (Lipinski definition) is 0. The first-order valence-corrected chi connectivity index (χ1v) is 6.37. The van der Waals surface area contributed by atoms with E-state index < -0.39 is 0 Å². The quantitative estimate of drug-likeness (QED) is 0.422. The summed E-state index contributed by atoms with van der Waals surface area (Å²) >= 11 is 0. The maximum Gasteiger partial charge on any atom is 0.306 e. The van der Waals surface area contributed by atoms with E-state index in [4.69, 9.17) is 4.74 Å². The van der Waals surface area contributed by atoms with Gasteiger partial charge in [0.15, 0.2) is 5.78 Å². The molecule has 0 bridgehead atoms. The average Bonchev–Trinajstić information content (AvgIpc) is 2.34. The van der Waals surface area contributed by atoms with Crippen molar-refractivity contribution in [3.05, 3.63) is 35.9 Å². The van der Waals surface area contributed by atoms with E-state index in [0.29, 0.717) is 19.3 Å². The number of hydrogen-bond acceptors (Lipinski definition) is 3. The molecule has 98 valence electrons. The molecular weight excluding hydrogens is 228 g/mol. The predicted octanol–water partition coefficient (Wildman–Crippen LogP) is 3.38. The monoisotopic (exact) mass is 248 g/mol. The lowest BCUT2D eigenvalue weighted by Gasteiger charge is -2.07.